The first-order valence-corrected chi connectivity index (χ1v) is 5.90. The quantitative estimate of drug-likeness (QED) is 0.851. The minimum atomic E-state index is -0.188. The number of carbonyl (C=O) groups is 1. The molecule has 0 radical (unpaired) electrons. The molecule has 94 valence electrons. The first kappa shape index (κ1) is 14.0. The Hall–Kier alpha value is -1.06. The van der Waals surface area contributed by atoms with Gasteiger partial charge in [-0.15, -0.1) is 0 Å². The maximum atomic E-state index is 11.4. The molecule has 1 atom stereocenters. The summed E-state index contributed by atoms with van der Waals surface area (Å²) in [5.41, 5.74) is 0.897. The number of hydrogen-bond acceptors (Lipinski definition) is 3. The van der Waals surface area contributed by atoms with E-state index in [-0.39, 0.29) is 18.3 Å². The molecule has 3 nitrogen and oxygen atoms in total. The summed E-state index contributed by atoms with van der Waals surface area (Å²) in [6, 6.07) is 5.33. The van der Waals surface area contributed by atoms with Crippen LogP contribution in [0, 0.1) is 5.92 Å². The van der Waals surface area contributed by atoms with Gasteiger partial charge < -0.3 is 9.84 Å². The number of ether oxygens (including phenoxy) is 1. The van der Waals surface area contributed by atoms with Crippen LogP contribution < -0.4 is 4.74 Å². The molecule has 0 aliphatic carbocycles. The van der Waals surface area contributed by atoms with Gasteiger partial charge in [0.25, 0.3) is 0 Å². The lowest BCUT2D eigenvalue weighted by Crippen LogP contribution is -2.16. The molecule has 0 aliphatic rings. The topological polar surface area (TPSA) is 46.5 Å². The van der Waals surface area contributed by atoms with Crippen LogP contribution in [-0.4, -0.2) is 24.6 Å². The van der Waals surface area contributed by atoms with Crippen molar-refractivity contribution in [2.75, 3.05) is 13.7 Å². The molecule has 0 spiro atoms. The number of aliphatic hydroxyl groups excluding tert-OH is 1. The van der Waals surface area contributed by atoms with Crippen LogP contribution in [0.15, 0.2) is 18.2 Å². The van der Waals surface area contributed by atoms with E-state index in [0.717, 1.165) is 11.3 Å². The number of ketones is 1. The van der Waals surface area contributed by atoms with Crippen LogP contribution in [0.2, 0.25) is 5.02 Å². The Morgan fingerprint density at radius 2 is 2.24 bits per heavy atom. The average molecular weight is 257 g/mol. The number of aliphatic hydroxyl groups is 1. The fourth-order valence-electron chi connectivity index (χ4n) is 1.78. The van der Waals surface area contributed by atoms with Crippen LogP contribution in [0.4, 0.5) is 0 Å². The molecule has 0 heterocycles. The van der Waals surface area contributed by atoms with Crippen molar-refractivity contribution in [3.8, 4) is 5.75 Å². The second kappa shape index (κ2) is 6.62. The van der Waals surface area contributed by atoms with Gasteiger partial charge in [0, 0.05) is 17.5 Å². The van der Waals surface area contributed by atoms with Crippen molar-refractivity contribution in [3.05, 3.63) is 28.8 Å². The molecule has 0 amide bonds. The molecule has 0 fully saturated rings. The minimum absolute atomic E-state index is 0.00707. The fraction of sp³-hybridized carbons (Fsp3) is 0.462. The Morgan fingerprint density at radius 3 is 2.76 bits per heavy atom. The van der Waals surface area contributed by atoms with E-state index in [1.807, 2.05) is 0 Å². The zero-order valence-corrected chi connectivity index (χ0v) is 10.8. The van der Waals surface area contributed by atoms with Gasteiger partial charge in [-0.2, -0.15) is 0 Å². The van der Waals surface area contributed by atoms with E-state index in [1.54, 1.807) is 25.3 Å². The van der Waals surface area contributed by atoms with Crippen molar-refractivity contribution in [1.82, 2.24) is 0 Å². The van der Waals surface area contributed by atoms with E-state index in [1.165, 1.54) is 6.92 Å². The van der Waals surface area contributed by atoms with E-state index in [4.69, 9.17) is 21.4 Å². The van der Waals surface area contributed by atoms with Gasteiger partial charge in [-0.25, -0.2) is 0 Å². The Labute approximate surface area is 106 Å². The normalized spacial score (nSPS) is 12.2. The summed E-state index contributed by atoms with van der Waals surface area (Å²) in [5, 5.41) is 9.55. The summed E-state index contributed by atoms with van der Waals surface area (Å²) in [6.07, 6.45) is 1.00. The molecule has 0 bridgehead atoms. The lowest BCUT2D eigenvalue weighted by molar-refractivity contribution is -0.121. The van der Waals surface area contributed by atoms with Crippen molar-refractivity contribution in [1.29, 1.82) is 0 Å². The van der Waals surface area contributed by atoms with Crippen molar-refractivity contribution in [3.63, 3.8) is 0 Å². The number of benzene rings is 1. The number of Topliss-reactive ketones (excluding diaryl/α,β-unsaturated/α-hetero) is 1. The summed E-state index contributed by atoms with van der Waals surface area (Å²) in [7, 11) is 1.58. The highest BCUT2D eigenvalue weighted by atomic mass is 35.5. The van der Waals surface area contributed by atoms with Crippen molar-refractivity contribution in [2.24, 2.45) is 5.92 Å². The predicted octanol–water partition coefficient (Wildman–Crippen LogP) is 2.48. The van der Waals surface area contributed by atoms with Crippen LogP contribution >= 0.6 is 11.6 Å². The Balaban J connectivity index is 2.91. The summed E-state index contributed by atoms with van der Waals surface area (Å²) in [4.78, 5) is 11.4. The van der Waals surface area contributed by atoms with Gasteiger partial charge in [0.05, 0.1) is 7.11 Å². The van der Waals surface area contributed by atoms with E-state index >= 15 is 0 Å². The second-order valence-electron chi connectivity index (χ2n) is 3.98. The third-order valence-corrected chi connectivity index (χ3v) is 3.00. The minimum Gasteiger partial charge on any atom is -0.496 e. The fourth-order valence-corrected chi connectivity index (χ4v) is 1.97. The molecule has 17 heavy (non-hydrogen) atoms. The van der Waals surface area contributed by atoms with Gasteiger partial charge in [0.2, 0.25) is 0 Å². The Bertz CT molecular complexity index is 390. The molecule has 1 unspecified atom stereocenters. The molecule has 0 aromatic heterocycles. The number of hydrogen-bond donors (Lipinski definition) is 1. The third kappa shape index (κ3) is 4.02. The van der Waals surface area contributed by atoms with Gasteiger partial charge in [-0.1, -0.05) is 11.6 Å². The zero-order chi connectivity index (χ0) is 12.8. The van der Waals surface area contributed by atoms with E-state index < -0.39 is 0 Å². The van der Waals surface area contributed by atoms with Gasteiger partial charge in [0.15, 0.2) is 0 Å². The second-order valence-corrected chi connectivity index (χ2v) is 4.42. The number of methoxy groups -OCH3 is 1. The first-order valence-electron chi connectivity index (χ1n) is 5.52. The highest BCUT2D eigenvalue weighted by Crippen LogP contribution is 2.26. The zero-order valence-electron chi connectivity index (χ0n) is 10.1. The standard InChI is InChI=1S/C13H17ClO3/c1-9(16)10(5-6-15)7-11-8-12(14)3-4-13(11)17-2/h3-4,8,10,15H,5-7H2,1-2H3. The van der Waals surface area contributed by atoms with Gasteiger partial charge >= 0.3 is 0 Å². The number of rotatable bonds is 6. The highest BCUT2D eigenvalue weighted by Gasteiger charge is 2.16. The van der Waals surface area contributed by atoms with Crippen LogP contribution in [0.3, 0.4) is 0 Å². The Morgan fingerprint density at radius 1 is 1.53 bits per heavy atom. The predicted molar refractivity (Wildman–Crippen MR) is 67.6 cm³/mol. The molecular weight excluding hydrogens is 240 g/mol. The lowest BCUT2D eigenvalue weighted by Gasteiger charge is -2.15. The summed E-state index contributed by atoms with van der Waals surface area (Å²) >= 11 is 5.92. The molecular formula is C13H17ClO3. The molecule has 1 rings (SSSR count). The van der Waals surface area contributed by atoms with Crippen LogP contribution in [0.5, 0.6) is 5.75 Å². The third-order valence-electron chi connectivity index (χ3n) is 2.76. The van der Waals surface area contributed by atoms with E-state index in [9.17, 15) is 4.79 Å². The maximum absolute atomic E-state index is 11.4. The summed E-state index contributed by atoms with van der Waals surface area (Å²) < 4.78 is 5.23. The molecule has 1 N–H and O–H groups in total. The smallest absolute Gasteiger partial charge is 0.133 e. The largest absolute Gasteiger partial charge is 0.496 e. The van der Waals surface area contributed by atoms with Crippen LogP contribution in [0.25, 0.3) is 0 Å². The lowest BCUT2D eigenvalue weighted by atomic mass is 9.93. The van der Waals surface area contributed by atoms with Crippen molar-refractivity contribution < 1.29 is 14.6 Å². The maximum Gasteiger partial charge on any atom is 0.133 e. The monoisotopic (exact) mass is 256 g/mol. The molecule has 0 aliphatic heterocycles. The van der Waals surface area contributed by atoms with E-state index in [0.29, 0.717) is 17.9 Å². The van der Waals surface area contributed by atoms with Gasteiger partial charge in [-0.3, -0.25) is 4.79 Å². The molecule has 0 saturated carbocycles. The van der Waals surface area contributed by atoms with Gasteiger partial charge in [0.1, 0.15) is 11.5 Å². The highest BCUT2D eigenvalue weighted by molar-refractivity contribution is 6.30. The van der Waals surface area contributed by atoms with Gasteiger partial charge in [-0.05, 0) is 43.5 Å². The number of halogens is 1. The summed E-state index contributed by atoms with van der Waals surface area (Å²) in [6.45, 7) is 1.55. The van der Waals surface area contributed by atoms with Crippen LogP contribution in [-0.2, 0) is 11.2 Å². The Kier molecular flexibility index (Phi) is 5.45. The van der Waals surface area contributed by atoms with E-state index in [2.05, 4.69) is 0 Å². The molecule has 0 saturated heterocycles. The van der Waals surface area contributed by atoms with Crippen molar-refractivity contribution >= 4 is 17.4 Å². The summed E-state index contributed by atoms with van der Waals surface area (Å²) in [5.74, 6) is 0.604. The van der Waals surface area contributed by atoms with Crippen molar-refractivity contribution in [2.45, 2.75) is 19.8 Å². The van der Waals surface area contributed by atoms with Crippen LogP contribution in [0.1, 0.15) is 18.9 Å². The molecule has 1 aromatic rings. The first-order chi connectivity index (χ1) is 8.08. The number of carbonyl (C=O) groups excluding carboxylic acids is 1. The molecule has 1 aromatic carbocycles. The average Bonchev–Trinajstić information content (AvgIpc) is 2.28. The molecule has 4 heteroatoms. The SMILES string of the molecule is COc1ccc(Cl)cc1CC(CCO)C(C)=O.